The predicted octanol–water partition coefficient (Wildman–Crippen LogP) is 5.49. The third-order valence-corrected chi connectivity index (χ3v) is 6.64. The summed E-state index contributed by atoms with van der Waals surface area (Å²) in [6.45, 7) is 3.82. The number of hydrogen-bond acceptors (Lipinski definition) is 6. The first kappa shape index (κ1) is 25.4. The lowest BCUT2D eigenvalue weighted by Gasteiger charge is -2.34. The van der Waals surface area contributed by atoms with Crippen LogP contribution in [0.1, 0.15) is 43.2 Å². The van der Waals surface area contributed by atoms with Crippen LogP contribution in [-0.2, 0) is 4.79 Å². The van der Waals surface area contributed by atoms with Gasteiger partial charge < -0.3 is 15.4 Å². The highest BCUT2D eigenvalue weighted by molar-refractivity contribution is 7.78. The van der Waals surface area contributed by atoms with Crippen LogP contribution in [0.25, 0.3) is 0 Å². The number of nitro benzene ring substituents is 1. The molecule has 0 radical (unpaired) electrons. The second-order valence-electron chi connectivity index (χ2n) is 8.51. The number of nitro groups is 1. The fourth-order valence-electron chi connectivity index (χ4n) is 4.38. The van der Waals surface area contributed by atoms with Gasteiger partial charge in [-0.3, -0.25) is 19.2 Å². The van der Waals surface area contributed by atoms with E-state index >= 15 is 0 Å². The number of anilines is 2. The van der Waals surface area contributed by atoms with Gasteiger partial charge in [0.25, 0.3) is 5.69 Å². The zero-order chi connectivity index (χ0) is 24.8. The Morgan fingerprint density at radius 2 is 1.76 bits per heavy atom. The number of rotatable bonds is 7. The summed E-state index contributed by atoms with van der Waals surface area (Å²) in [5.74, 6) is -0.119. The van der Waals surface area contributed by atoms with Gasteiger partial charge in [0.2, 0.25) is 5.91 Å². The van der Waals surface area contributed by atoms with Gasteiger partial charge in [0.15, 0.2) is 0 Å². The highest BCUT2D eigenvalue weighted by Gasteiger charge is 2.37. The average molecular weight is 487 g/mol. The van der Waals surface area contributed by atoms with Gasteiger partial charge in [0, 0.05) is 5.69 Å². The Morgan fingerprint density at radius 3 is 2.35 bits per heavy atom. The molecule has 2 N–H and O–H groups in total. The number of nitrogens with one attached hydrogen (secondary N) is 2. The molecule has 34 heavy (non-hydrogen) atoms. The number of benzene rings is 2. The molecule has 182 valence electrons. The molecule has 1 fully saturated rings. The molecule has 2 aromatic rings. The number of carbonyl (C=O) groups excluding carboxylic acids is 2. The van der Waals surface area contributed by atoms with E-state index in [0.717, 1.165) is 47.5 Å². The molecule has 0 unspecified atom stereocenters. The zero-order valence-electron chi connectivity index (χ0n) is 19.5. The molecule has 0 saturated heterocycles. The van der Waals surface area contributed by atoms with E-state index < -0.39 is 17.0 Å². The summed E-state index contributed by atoms with van der Waals surface area (Å²) in [5, 5.41) is 17.0. The molecular weight excluding hydrogens is 456 g/mol. The van der Waals surface area contributed by atoms with Crippen LogP contribution in [0.5, 0.6) is 5.75 Å². The lowest BCUT2D eigenvalue weighted by atomic mass is 9.83. The van der Waals surface area contributed by atoms with E-state index in [0.29, 0.717) is 11.4 Å². The molecule has 0 heterocycles. The Kier molecular flexibility index (Phi) is 8.38. The number of methoxy groups -OCH3 is 1. The number of para-hydroxylation sites is 1. The minimum atomic E-state index is -0.847. The van der Waals surface area contributed by atoms with Crippen LogP contribution in [-0.4, -0.2) is 34.3 Å². The van der Waals surface area contributed by atoms with Crippen molar-refractivity contribution in [1.29, 1.82) is 0 Å². The van der Waals surface area contributed by atoms with Crippen LogP contribution >= 0.6 is 12.8 Å². The number of aryl methyl sites for hydroxylation is 2. The second-order valence-corrected chi connectivity index (χ2v) is 8.94. The molecule has 10 heteroatoms. The van der Waals surface area contributed by atoms with Crippen LogP contribution in [0.2, 0.25) is 0 Å². The van der Waals surface area contributed by atoms with Crippen molar-refractivity contribution in [3.05, 3.63) is 57.6 Å². The van der Waals surface area contributed by atoms with Crippen molar-refractivity contribution in [2.24, 2.45) is 5.92 Å². The van der Waals surface area contributed by atoms with Gasteiger partial charge in [-0.15, -0.1) is 0 Å². The van der Waals surface area contributed by atoms with Gasteiger partial charge in [-0.1, -0.05) is 50.3 Å². The van der Waals surface area contributed by atoms with Crippen LogP contribution in [0.4, 0.5) is 21.9 Å². The lowest BCUT2D eigenvalue weighted by Crippen LogP contribution is -2.49. The number of ether oxygens (including phenoxy) is 1. The van der Waals surface area contributed by atoms with Crippen LogP contribution in [0.15, 0.2) is 36.4 Å². The standard InChI is InChI=1S/C24H30N4O5S/c1-15-8-7-9-16(2)21(15)26-23(29)22(17-10-5-4-6-11-17)27(34)24(30)25-19-13-12-18(33-3)14-20(19)28(31)32/h7-9,12-14,17,22,34H,4-6,10-11H2,1-3H3,(H,25,30)(H,26,29)/t22-/m1/s1. The summed E-state index contributed by atoms with van der Waals surface area (Å²) < 4.78 is 6.10. The van der Waals surface area contributed by atoms with Gasteiger partial charge in [-0.25, -0.2) is 4.79 Å². The first-order valence-electron chi connectivity index (χ1n) is 11.2. The van der Waals surface area contributed by atoms with Crippen LogP contribution in [0, 0.1) is 29.9 Å². The molecular formula is C24H30N4O5S. The van der Waals surface area contributed by atoms with Crippen molar-refractivity contribution in [3.8, 4) is 5.75 Å². The lowest BCUT2D eigenvalue weighted by molar-refractivity contribution is -0.384. The third kappa shape index (κ3) is 5.80. The van der Waals surface area contributed by atoms with E-state index in [1.165, 1.54) is 25.3 Å². The molecule has 0 spiro atoms. The van der Waals surface area contributed by atoms with Crippen LogP contribution in [0.3, 0.4) is 0 Å². The molecule has 3 amide bonds. The Morgan fingerprint density at radius 1 is 1.12 bits per heavy atom. The molecule has 3 rings (SSSR count). The molecule has 1 saturated carbocycles. The number of thiol groups is 1. The number of hydrogen-bond donors (Lipinski definition) is 3. The smallest absolute Gasteiger partial charge is 0.332 e. The first-order chi connectivity index (χ1) is 16.2. The van der Waals surface area contributed by atoms with Gasteiger partial charge in [-0.05, 0) is 55.9 Å². The van der Waals surface area contributed by atoms with Gasteiger partial charge in [0.1, 0.15) is 17.5 Å². The zero-order valence-corrected chi connectivity index (χ0v) is 20.4. The highest BCUT2D eigenvalue weighted by atomic mass is 32.1. The quantitative estimate of drug-likeness (QED) is 0.272. The maximum Gasteiger partial charge on any atom is 0.332 e. The maximum atomic E-state index is 13.5. The Hall–Kier alpha value is -3.27. The van der Waals surface area contributed by atoms with Crippen molar-refractivity contribution in [2.75, 3.05) is 17.7 Å². The van der Waals surface area contributed by atoms with Crippen molar-refractivity contribution in [1.82, 2.24) is 4.31 Å². The van der Waals surface area contributed by atoms with Gasteiger partial charge in [-0.2, -0.15) is 0 Å². The minimum absolute atomic E-state index is 0.00704. The van der Waals surface area contributed by atoms with Gasteiger partial charge in [0.05, 0.1) is 18.1 Å². The number of amides is 3. The number of nitrogens with zero attached hydrogens (tertiary/aromatic N) is 2. The Balaban J connectivity index is 1.87. The third-order valence-electron chi connectivity index (χ3n) is 6.21. The summed E-state index contributed by atoms with van der Waals surface area (Å²) in [4.78, 5) is 37.5. The van der Waals surface area contributed by atoms with E-state index in [2.05, 4.69) is 23.4 Å². The van der Waals surface area contributed by atoms with E-state index in [-0.39, 0.29) is 23.2 Å². The van der Waals surface area contributed by atoms with Gasteiger partial charge >= 0.3 is 6.03 Å². The molecule has 2 aromatic carbocycles. The molecule has 0 aliphatic heterocycles. The van der Waals surface area contributed by atoms with Crippen LogP contribution < -0.4 is 15.4 Å². The normalized spacial score (nSPS) is 14.7. The molecule has 9 nitrogen and oxygen atoms in total. The fraction of sp³-hybridized carbons (Fsp3) is 0.417. The number of carbonyl (C=O) groups is 2. The summed E-state index contributed by atoms with van der Waals surface area (Å²) in [6, 6.07) is 8.30. The molecule has 0 bridgehead atoms. The average Bonchev–Trinajstić information content (AvgIpc) is 2.82. The second kappa shape index (κ2) is 11.2. The summed E-state index contributed by atoms with van der Waals surface area (Å²) in [7, 11) is 1.40. The maximum absolute atomic E-state index is 13.5. The minimum Gasteiger partial charge on any atom is -0.496 e. The first-order valence-corrected chi connectivity index (χ1v) is 11.6. The van der Waals surface area contributed by atoms with Crippen molar-refractivity contribution >= 4 is 41.8 Å². The summed E-state index contributed by atoms with van der Waals surface area (Å²) in [5.41, 5.74) is 2.22. The number of urea groups is 1. The predicted molar refractivity (Wildman–Crippen MR) is 134 cm³/mol. The van der Waals surface area contributed by atoms with Crippen molar-refractivity contribution in [2.45, 2.75) is 52.0 Å². The van der Waals surface area contributed by atoms with E-state index in [9.17, 15) is 19.7 Å². The van der Waals surface area contributed by atoms with E-state index in [1.54, 1.807) is 0 Å². The molecule has 0 aromatic heterocycles. The fourth-order valence-corrected chi connectivity index (χ4v) is 4.72. The van der Waals surface area contributed by atoms with Crippen molar-refractivity contribution < 1.29 is 19.2 Å². The van der Waals surface area contributed by atoms with E-state index in [4.69, 9.17) is 4.74 Å². The molecule has 1 atom stereocenters. The van der Waals surface area contributed by atoms with E-state index in [1.807, 2.05) is 32.0 Å². The Labute approximate surface area is 204 Å². The topological polar surface area (TPSA) is 114 Å². The summed E-state index contributed by atoms with van der Waals surface area (Å²) in [6.07, 6.45) is 4.59. The summed E-state index contributed by atoms with van der Waals surface area (Å²) >= 11 is 4.41. The highest BCUT2D eigenvalue weighted by Crippen LogP contribution is 2.33. The monoisotopic (exact) mass is 486 g/mol. The largest absolute Gasteiger partial charge is 0.496 e. The SMILES string of the molecule is COc1ccc(NC(=O)N(S)[C@@H](C(=O)Nc2c(C)cccc2C)C2CCCCC2)c([N+](=O)[O-])c1. The molecule has 1 aliphatic carbocycles. The molecule has 1 aliphatic rings. The Bertz CT molecular complexity index is 1050. The van der Waals surface area contributed by atoms with Crippen molar-refractivity contribution in [3.63, 3.8) is 0 Å².